The molecule has 3 heteroatoms. The summed E-state index contributed by atoms with van der Waals surface area (Å²) in [5.74, 6) is 0. The third-order valence-corrected chi connectivity index (χ3v) is 2.02. The molecule has 0 atom stereocenters. The molecule has 0 aliphatic rings. The molecule has 0 aliphatic carbocycles. The Morgan fingerprint density at radius 2 is 1.15 bits per heavy atom. The number of hydrogen-bond acceptors (Lipinski definition) is 3. The number of rotatable bonds is 10. The summed E-state index contributed by atoms with van der Waals surface area (Å²) in [5, 5.41) is 20.3. The minimum Gasteiger partial charge on any atom is -0.396 e. The molecule has 0 radical (unpaired) electrons. The molecule has 13 heavy (non-hydrogen) atoms. The second-order valence-electron chi connectivity index (χ2n) is 3.32. The topological polar surface area (TPSA) is 52.5 Å². The molecule has 0 amide bonds. The van der Waals surface area contributed by atoms with Crippen molar-refractivity contribution in [3.63, 3.8) is 0 Å². The van der Waals surface area contributed by atoms with Crippen molar-refractivity contribution >= 4 is 0 Å². The van der Waals surface area contributed by atoms with E-state index in [0.717, 1.165) is 32.4 Å². The summed E-state index contributed by atoms with van der Waals surface area (Å²) in [6.07, 6.45) is 6.61. The Morgan fingerprint density at radius 3 is 1.85 bits per heavy atom. The molecule has 0 fully saturated rings. The van der Waals surface area contributed by atoms with Crippen LogP contribution in [0.1, 0.15) is 38.5 Å². The van der Waals surface area contributed by atoms with Gasteiger partial charge in [0.05, 0.1) is 0 Å². The Morgan fingerprint density at radius 1 is 0.615 bits per heavy atom. The van der Waals surface area contributed by atoms with Crippen molar-refractivity contribution in [2.75, 3.05) is 26.3 Å². The van der Waals surface area contributed by atoms with Gasteiger partial charge in [-0.15, -0.1) is 0 Å². The number of nitrogens with one attached hydrogen (secondary N) is 1. The molecule has 0 aromatic carbocycles. The molecule has 0 heterocycles. The molecule has 0 rings (SSSR count). The summed E-state index contributed by atoms with van der Waals surface area (Å²) in [5.41, 5.74) is 0. The summed E-state index contributed by atoms with van der Waals surface area (Å²) in [6, 6.07) is 0. The van der Waals surface area contributed by atoms with Gasteiger partial charge in [0, 0.05) is 13.2 Å². The third kappa shape index (κ3) is 11.9. The van der Waals surface area contributed by atoms with Crippen molar-refractivity contribution < 1.29 is 10.2 Å². The Labute approximate surface area is 81.2 Å². The van der Waals surface area contributed by atoms with Gasteiger partial charge in [-0.2, -0.15) is 0 Å². The lowest BCUT2D eigenvalue weighted by Crippen LogP contribution is -2.17. The highest BCUT2D eigenvalue weighted by atomic mass is 16.3. The van der Waals surface area contributed by atoms with Gasteiger partial charge < -0.3 is 15.5 Å². The average molecular weight is 189 g/mol. The van der Waals surface area contributed by atoms with E-state index in [1.165, 1.54) is 19.3 Å². The first-order valence-electron chi connectivity index (χ1n) is 5.34. The summed E-state index contributed by atoms with van der Waals surface area (Å²) >= 11 is 0. The van der Waals surface area contributed by atoms with Crippen LogP contribution >= 0.6 is 0 Å². The van der Waals surface area contributed by atoms with E-state index in [1.807, 2.05) is 0 Å². The summed E-state index contributed by atoms with van der Waals surface area (Å²) in [4.78, 5) is 0. The molecular weight excluding hydrogens is 166 g/mol. The first-order chi connectivity index (χ1) is 6.41. The smallest absolute Gasteiger partial charge is 0.0443 e. The van der Waals surface area contributed by atoms with E-state index in [0.29, 0.717) is 6.61 Å². The molecule has 0 aromatic rings. The summed E-state index contributed by atoms with van der Waals surface area (Å²) < 4.78 is 0. The molecule has 80 valence electrons. The standard InChI is InChI=1S/C10H23NO2/c12-9-5-3-1-2-4-7-11-8-6-10-13/h11-13H,1-10H2. The predicted octanol–water partition coefficient (Wildman–Crippen LogP) is 0.901. The zero-order chi connectivity index (χ0) is 9.78. The highest BCUT2D eigenvalue weighted by molar-refractivity contribution is 4.49. The average Bonchev–Trinajstić information content (AvgIpc) is 2.16. The van der Waals surface area contributed by atoms with Crippen LogP contribution in [-0.4, -0.2) is 36.5 Å². The first kappa shape index (κ1) is 12.9. The lowest BCUT2D eigenvalue weighted by atomic mass is 10.1. The van der Waals surface area contributed by atoms with Crippen LogP contribution in [0, 0.1) is 0 Å². The van der Waals surface area contributed by atoms with Crippen LogP contribution in [0.2, 0.25) is 0 Å². The van der Waals surface area contributed by atoms with Gasteiger partial charge >= 0.3 is 0 Å². The van der Waals surface area contributed by atoms with Gasteiger partial charge in [-0.3, -0.25) is 0 Å². The second kappa shape index (κ2) is 11.9. The highest BCUT2D eigenvalue weighted by Gasteiger charge is 1.90. The molecule has 0 aromatic heterocycles. The maximum Gasteiger partial charge on any atom is 0.0443 e. The first-order valence-corrected chi connectivity index (χ1v) is 5.34. The minimum absolute atomic E-state index is 0.281. The molecule has 0 saturated carbocycles. The Kier molecular flexibility index (Phi) is 11.8. The lowest BCUT2D eigenvalue weighted by molar-refractivity contribution is 0.282. The fourth-order valence-corrected chi connectivity index (χ4v) is 1.22. The fraction of sp³-hybridized carbons (Fsp3) is 1.00. The van der Waals surface area contributed by atoms with Crippen LogP contribution < -0.4 is 5.32 Å². The van der Waals surface area contributed by atoms with Crippen LogP contribution in [0.25, 0.3) is 0 Å². The third-order valence-electron chi connectivity index (χ3n) is 2.02. The monoisotopic (exact) mass is 189 g/mol. The SMILES string of the molecule is OCCCCCCCNCCCO. The molecule has 0 spiro atoms. The predicted molar refractivity (Wildman–Crippen MR) is 54.7 cm³/mol. The Bertz CT molecular complexity index is 79.0. The van der Waals surface area contributed by atoms with E-state index < -0.39 is 0 Å². The quantitative estimate of drug-likeness (QED) is 0.448. The van der Waals surface area contributed by atoms with E-state index in [-0.39, 0.29) is 6.61 Å². The molecule has 3 nitrogen and oxygen atoms in total. The van der Waals surface area contributed by atoms with Crippen molar-refractivity contribution in [3.05, 3.63) is 0 Å². The molecule has 0 unspecified atom stereocenters. The second-order valence-corrected chi connectivity index (χ2v) is 3.32. The highest BCUT2D eigenvalue weighted by Crippen LogP contribution is 2.01. The Balaban J connectivity index is 2.76. The maximum atomic E-state index is 8.53. The van der Waals surface area contributed by atoms with E-state index in [9.17, 15) is 0 Å². The van der Waals surface area contributed by atoms with Crippen molar-refractivity contribution in [1.29, 1.82) is 0 Å². The van der Waals surface area contributed by atoms with Crippen LogP contribution in [0.3, 0.4) is 0 Å². The summed E-state index contributed by atoms with van der Waals surface area (Å²) in [7, 11) is 0. The van der Waals surface area contributed by atoms with E-state index >= 15 is 0 Å². The van der Waals surface area contributed by atoms with Crippen molar-refractivity contribution in [1.82, 2.24) is 5.32 Å². The van der Waals surface area contributed by atoms with Gasteiger partial charge in [-0.25, -0.2) is 0 Å². The van der Waals surface area contributed by atoms with Gasteiger partial charge in [-0.1, -0.05) is 19.3 Å². The largest absolute Gasteiger partial charge is 0.396 e. The number of aliphatic hydroxyl groups excluding tert-OH is 2. The van der Waals surface area contributed by atoms with Crippen molar-refractivity contribution in [3.8, 4) is 0 Å². The van der Waals surface area contributed by atoms with Crippen LogP contribution in [0.4, 0.5) is 0 Å². The van der Waals surface area contributed by atoms with Crippen molar-refractivity contribution in [2.45, 2.75) is 38.5 Å². The van der Waals surface area contributed by atoms with Crippen LogP contribution in [-0.2, 0) is 0 Å². The van der Waals surface area contributed by atoms with E-state index in [4.69, 9.17) is 10.2 Å². The fourth-order valence-electron chi connectivity index (χ4n) is 1.22. The normalized spacial score (nSPS) is 10.6. The molecule has 0 aliphatic heterocycles. The molecule has 0 saturated heterocycles. The Hall–Kier alpha value is -0.120. The minimum atomic E-state index is 0.281. The maximum absolute atomic E-state index is 8.53. The zero-order valence-electron chi connectivity index (χ0n) is 8.47. The van der Waals surface area contributed by atoms with Crippen LogP contribution in [0.5, 0.6) is 0 Å². The molecular formula is C10H23NO2. The lowest BCUT2D eigenvalue weighted by Gasteiger charge is -2.02. The van der Waals surface area contributed by atoms with Crippen molar-refractivity contribution in [2.24, 2.45) is 0 Å². The molecule has 0 bridgehead atoms. The zero-order valence-corrected chi connectivity index (χ0v) is 8.47. The number of hydrogen-bond donors (Lipinski definition) is 3. The van der Waals surface area contributed by atoms with Gasteiger partial charge in [0.15, 0.2) is 0 Å². The molecule has 3 N–H and O–H groups in total. The number of unbranched alkanes of at least 4 members (excludes halogenated alkanes) is 4. The van der Waals surface area contributed by atoms with Crippen LogP contribution in [0.15, 0.2) is 0 Å². The van der Waals surface area contributed by atoms with Gasteiger partial charge in [0.1, 0.15) is 0 Å². The summed E-state index contributed by atoms with van der Waals surface area (Å²) in [6.45, 7) is 2.59. The van der Waals surface area contributed by atoms with E-state index in [2.05, 4.69) is 5.32 Å². The number of aliphatic hydroxyl groups is 2. The van der Waals surface area contributed by atoms with Gasteiger partial charge in [0.2, 0.25) is 0 Å². The van der Waals surface area contributed by atoms with Gasteiger partial charge in [0.25, 0.3) is 0 Å². The van der Waals surface area contributed by atoms with Gasteiger partial charge in [-0.05, 0) is 32.4 Å². The van der Waals surface area contributed by atoms with E-state index in [1.54, 1.807) is 0 Å².